The molecule has 92 heavy (non-hydrogen) atoms. The van der Waals surface area contributed by atoms with Crippen LogP contribution < -0.4 is 0 Å². The lowest BCUT2D eigenvalue weighted by Crippen LogP contribution is -2.30. The molecule has 0 spiro atoms. The second kappa shape index (κ2) is 62.6. The fraction of sp³-hybridized carbons (Fsp3) is 0.945. The maximum atomic E-state index is 13.1. The Hall–Kier alpha value is -1.94. The fourth-order valence-electron chi connectivity index (χ4n) is 11.0. The molecule has 0 rings (SSSR count). The van der Waals surface area contributed by atoms with Crippen molar-refractivity contribution in [3.05, 3.63) is 0 Å². The Morgan fingerprint density at radius 1 is 0.304 bits per heavy atom. The number of aliphatic hydroxyl groups is 1. The van der Waals surface area contributed by atoms with Gasteiger partial charge in [0.2, 0.25) is 0 Å². The molecule has 0 aromatic carbocycles. The van der Waals surface area contributed by atoms with Gasteiger partial charge >= 0.3 is 39.5 Å². The third kappa shape index (κ3) is 65.4. The van der Waals surface area contributed by atoms with Gasteiger partial charge in [0.1, 0.15) is 19.3 Å². The van der Waals surface area contributed by atoms with Gasteiger partial charge in [-0.1, -0.05) is 312 Å². The van der Waals surface area contributed by atoms with Crippen molar-refractivity contribution in [2.75, 3.05) is 39.6 Å². The summed E-state index contributed by atoms with van der Waals surface area (Å²) >= 11 is 0. The first-order valence-electron chi connectivity index (χ1n) is 37.7. The van der Waals surface area contributed by atoms with E-state index in [1.807, 2.05) is 0 Å². The molecular formula is C73H142O17P2. The van der Waals surface area contributed by atoms with Gasteiger partial charge in [-0.2, -0.15) is 0 Å². The molecule has 0 amide bonds. The molecule has 0 fully saturated rings. The number of hydrogen-bond donors (Lipinski definition) is 3. The molecular weight excluding hydrogens is 1210 g/mol. The van der Waals surface area contributed by atoms with Crippen molar-refractivity contribution in [3.63, 3.8) is 0 Å². The van der Waals surface area contributed by atoms with E-state index in [1.165, 1.54) is 161 Å². The van der Waals surface area contributed by atoms with Crippen LogP contribution in [0.25, 0.3) is 0 Å². The zero-order valence-corrected chi connectivity index (χ0v) is 62.0. The number of esters is 4. The van der Waals surface area contributed by atoms with Crippen LogP contribution in [0.15, 0.2) is 0 Å². The van der Waals surface area contributed by atoms with E-state index in [0.29, 0.717) is 31.6 Å². The van der Waals surface area contributed by atoms with Crippen molar-refractivity contribution in [2.24, 2.45) is 23.7 Å². The summed E-state index contributed by atoms with van der Waals surface area (Å²) in [5.41, 5.74) is 0. The molecule has 6 atom stereocenters. The molecule has 0 aliphatic rings. The van der Waals surface area contributed by atoms with Gasteiger partial charge < -0.3 is 33.8 Å². The second-order valence-electron chi connectivity index (χ2n) is 28.0. The minimum absolute atomic E-state index is 0.104. The number of phosphoric ester groups is 2. The Kier molecular flexibility index (Phi) is 61.3. The van der Waals surface area contributed by atoms with Gasteiger partial charge in [-0.05, 0) is 49.4 Å². The largest absolute Gasteiger partial charge is 0.472 e. The van der Waals surface area contributed by atoms with Crippen LogP contribution in [-0.2, 0) is 65.4 Å². The lowest BCUT2D eigenvalue weighted by atomic mass is 9.99. The van der Waals surface area contributed by atoms with E-state index in [9.17, 15) is 43.2 Å². The quantitative estimate of drug-likeness (QED) is 0.0222. The average molecular weight is 1350 g/mol. The second-order valence-corrected chi connectivity index (χ2v) is 30.9. The Balaban J connectivity index is 5.25. The van der Waals surface area contributed by atoms with Crippen LogP contribution in [-0.4, -0.2) is 96.7 Å². The zero-order chi connectivity index (χ0) is 68.2. The van der Waals surface area contributed by atoms with E-state index in [-0.39, 0.29) is 25.7 Å². The van der Waals surface area contributed by atoms with Crippen molar-refractivity contribution >= 4 is 39.5 Å². The summed E-state index contributed by atoms with van der Waals surface area (Å²) in [5.74, 6) is 0.899. The van der Waals surface area contributed by atoms with Gasteiger partial charge in [0, 0.05) is 25.7 Å². The molecule has 3 N–H and O–H groups in total. The standard InChI is InChI=1S/C73H142O17P2/c1-9-66(8)52-44-36-27-21-16-18-24-30-40-48-56-73(78)89-68(59-83-70(75)53-45-37-28-22-14-12-10-11-13-19-25-33-41-49-63(2)3)61-87-91(79,80)85-57-67(74)58-86-92(81,82)88-62-69(60-84-71(76)54-46-38-32-31-35-43-51-65(6)7)90-72(77)55-47-39-29-23-17-15-20-26-34-42-50-64(4)5/h63-69,74H,9-62H2,1-8H3,(H,79,80)(H,81,82)/t66?,67-,68-,69-/m1/s1. The van der Waals surface area contributed by atoms with E-state index in [2.05, 4.69) is 55.4 Å². The number of carbonyl (C=O) groups is 4. The van der Waals surface area contributed by atoms with Crippen LogP contribution in [0.5, 0.6) is 0 Å². The Morgan fingerprint density at radius 2 is 0.522 bits per heavy atom. The summed E-state index contributed by atoms with van der Waals surface area (Å²) in [6, 6.07) is 0. The molecule has 0 bridgehead atoms. The van der Waals surface area contributed by atoms with Crippen LogP contribution in [0.4, 0.5) is 0 Å². The highest BCUT2D eigenvalue weighted by Gasteiger charge is 2.30. The number of unbranched alkanes of at least 4 members (excludes halogenated alkanes) is 35. The minimum Gasteiger partial charge on any atom is -0.462 e. The molecule has 0 aromatic rings. The average Bonchev–Trinajstić information content (AvgIpc) is 2.57. The molecule has 0 aliphatic carbocycles. The van der Waals surface area contributed by atoms with E-state index < -0.39 is 97.5 Å². The number of hydrogen-bond acceptors (Lipinski definition) is 15. The van der Waals surface area contributed by atoms with Gasteiger partial charge in [0.05, 0.1) is 26.4 Å². The monoisotopic (exact) mass is 1350 g/mol. The van der Waals surface area contributed by atoms with Gasteiger partial charge in [-0.3, -0.25) is 37.3 Å². The number of rotatable bonds is 70. The first kappa shape index (κ1) is 90.1. The Bertz CT molecular complexity index is 1820. The van der Waals surface area contributed by atoms with Crippen LogP contribution >= 0.6 is 15.6 Å². The van der Waals surface area contributed by atoms with Crippen molar-refractivity contribution < 1.29 is 80.2 Å². The predicted octanol–water partition coefficient (Wildman–Crippen LogP) is 20.9. The van der Waals surface area contributed by atoms with Crippen LogP contribution in [0.3, 0.4) is 0 Å². The first-order chi connectivity index (χ1) is 44.1. The Labute approximate surface area is 562 Å². The lowest BCUT2D eigenvalue weighted by Gasteiger charge is -2.21. The van der Waals surface area contributed by atoms with Gasteiger partial charge in [-0.15, -0.1) is 0 Å². The summed E-state index contributed by atoms with van der Waals surface area (Å²) in [6.07, 6.45) is 45.9. The summed E-state index contributed by atoms with van der Waals surface area (Å²) in [4.78, 5) is 72.7. The fourth-order valence-corrected chi connectivity index (χ4v) is 12.6. The summed E-state index contributed by atoms with van der Waals surface area (Å²) in [5, 5.41) is 10.6. The Morgan fingerprint density at radius 3 is 0.772 bits per heavy atom. The van der Waals surface area contributed by atoms with Gasteiger partial charge in [-0.25, -0.2) is 9.13 Å². The van der Waals surface area contributed by atoms with Crippen LogP contribution in [0, 0.1) is 23.7 Å². The van der Waals surface area contributed by atoms with Crippen molar-refractivity contribution in [3.8, 4) is 0 Å². The summed E-state index contributed by atoms with van der Waals surface area (Å²) in [6.45, 7) is 14.1. The van der Waals surface area contributed by atoms with E-state index in [0.717, 1.165) is 114 Å². The van der Waals surface area contributed by atoms with E-state index >= 15 is 0 Å². The highest BCUT2D eigenvalue weighted by Crippen LogP contribution is 2.45. The predicted molar refractivity (Wildman–Crippen MR) is 372 cm³/mol. The minimum atomic E-state index is -4.96. The number of ether oxygens (including phenoxy) is 4. The van der Waals surface area contributed by atoms with Crippen LogP contribution in [0.1, 0.15) is 364 Å². The molecule has 0 aromatic heterocycles. The normalized spacial score (nSPS) is 14.5. The highest BCUT2D eigenvalue weighted by molar-refractivity contribution is 7.47. The molecule has 546 valence electrons. The molecule has 0 aliphatic heterocycles. The highest BCUT2D eigenvalue weighted by atomic mass is 31.2. The van der Waals surface area contributed by atoms with Crippen LogP contribution in [0.2, 0.25) is 0 Å². The van der Waals surface area contributed by atoms with E-state index in [4.69, 9.17) is 37.0 Å². The molecule has 17 nitrogen and oxygen atoms in total. The number of carbonyl (C=O) groups excluding carboxylic acids is 4. The van der Waals surface area contributed by atoms with Crippen molar-refractivity contribution in [2.45, 2.75) is 382 Å². The summed E-state index contributed by atoms with van der Waals surface area (Å²) < 4.78 is 68.4. The number of aliphatic hydroxyl groups excluding tert-OH is 1. The molecule has 0 heterocycles. The SMILES string of the molecule is CCC(C)CCCCCCCCCCCCC(=O)O[C@H](COC(=O)CCCCCCCCCCCCCCCC(C)C)COP(=O)(O)OC[C@@H](O)COP(=O)(O)OC[C@@H](COC(=O)CCCCCCCCC(C)C)OC(=O)CCCCCCCCCCCCC(C)C. The summed E-state index contributed by atoms with van der Waals surface area (Å²) in [7, 11) is -9.91. The molecule has 0 saturated heterocycles. The molecule has 19 heteroatoms. The van der Waals surface area contributed by atoms with E-state index in [1.54, 1.807) is 0 Å². The topological polar surface area (TPSA) is 237 Å². The zero-order valence-electron chi connectivity index (χ0n) is 60.2. The first-order valence-corrected chi connectivity index (χ1v) is 40.7. The maximum Gasteiger partial charge on any atom is 0.472 e. The smallest absolute Gasteiger partial charge is 0.462 e. The number of phosphoric acid groups is 2. The maximum absolute atomic E-state index is 13.1. The van der Waals surface area contributed by atoms with Gasteiger partial charge in [0.15, 0.2) is 12.2 Å². The van der Waals surface area contributed by atoms with Gasteiger partial charge in [0.25, 0.3) is 0 Å². The molecule has 0 radical (unpaired) electrons. The lowest BCUT2D eigenvalue weighted by molar-refractivity contribution is -0.161. The molecule has 3 unspecified atom stereocenters. The molecule has 0 saturated carbocycles. The van der Waals surface area contributed by atoms with Crippen molar-refractivity contribution in [1.29, 1.82) is 0 Å². The third-order valence-corrected chi connectivity index (χ3v) is 19.1. The third-order valence-electron chi connectivity index (χ3n) is 17.2. The van der Waals surface area contributed by atoms with Crippen molar-refractivity contribution in [1.82, 2.24) is 0 Å².